The molecule has 6 nitrogen and oxygen atoms in total. The highest BCUT2D eigenvalue weighted by Crippen LogP contribution is 2.38. The summed E-state index contributed by atoms with van der Waals surface area (Å²) in [6.07, 6.45) is 1.48. The van der Waals surface area contributed by atoms with Crippen LogP contribution in [0.4, 0.5) is 5.69 Å². The van der Waals surface area contributed by atoms with Crippen molar-refractivity contribution in [1.29, 1.82) is 0 Å². The molecule has 0 bridgehead atoms. The molecule has 0 saturated carbocycles. The van der Waals surface area contributed by atoms with Gasteiger partial charge in [0, 0.05) is 15.6 Å². The third-order valence-corrected chi connectivity index (χ3v) is 6.80. The largest absolute Gasteiger partial charge is 0.493 e. The SMILES string of the molecule is COc1cc(/C=C2\C(=O)NC(=S)N(c3ccc(C)cc3)C2=O)cc(Br)c1OCc1ccc(Cl)cc1Cl. The van der Waals surface area contributed by atoms with Gasteiger partial charge in [-0.3, -0.25) is 19.8 Å². The monoisotopic (exact) mass is 604 g/mol. The summed E-state index contributed by atoms with van der Waals surface area (Å²) in [5, 5.41) is 3.62. The maximum absolute atomic E-state index is 13.3. The Hall–Kier alpha value is -2.91. The number of thiocarbonyl (C=S) groups is 1. The zero-order valence-corrected chi connectivity index (χ0v) is 23.0. The van der Waals surface area contributed by atoms with Crippen LogP contribution in [0.3, 0.4) is 0 Å². The predicted molar refractivity (Wildman–Crippen MR) is 149 cm³/mol. The number of halogens is 3. The van der Waals surface area contributed by atoms with Gasteiger partial charge < -0.3 is 9.47 Å². The molecule has 0 aliphatic carbocycles. The van der Waals surface area contributed by atoms with E-state index < -0.39 is 11.8 Å². The van der Waals surface area contributed by atoms with E-state index in [1.807, 2.05) is 19.1 Å². The van der Waals surface area contributed by atoms with E-state index in [0.29, 0.717) is 37.3 Å². The van der Waals surface area contributed by atoms with E-state index >= 15 is 0 Å². The Labute approximate surface area is 231 Å². The first-order valence-electron chi connectivity index (χ1n) is 10.6. The summed E-state index contributed by atoms with van der Waals surface area (Å²) < 4.78 is 12.0. The minimum absolute atomic E-state index is 0.0226. The zero-order valence-electron chi connectivity index (χ0n) is 19.1. The highest BCUT2D eigenvalue weighted by atomic mass is 79.9. The fourth-order valence-electron chi connectivity index (χ4n) is 3.50. The van der Waals surface area contributed by atoms with E-state index in [9.17, 15) is 9.59 Å². The molecule has 0 radical (unpaired) electrons. The van der Waals surface area contributed by atoms with Gasteiger partial charge >= 0.3 is 0 Å². The highest BCUT2D eigenvalue weighted by molar-refractivity contribution is 9.10. The Morgan fingerprint density at radius 3 is 2.47 bits per heavy atom. The Morgan fingerprint density at radius 1 is 1.08 bits per heavy atom. The second kappa shape index (κ2) is 11.0. The lowest BCUT2D eigenvalue weighted by Gasteiger charge is -2.29. The van der Waals surface area contributed by atoms with Crippen LogP contribution in [0.15, 0.2) is 64.6 Å². The third-order valence-electron chi connectivity index (χ3n) is 5.34. The molecule has 184 valence electrons. The van der Waals surface area contributed by atoms with Gasteiger partial charge in [-0.15, -0.1) is 0 Å². The molecule has 1 heterocycles. The normalized spacial score (nSPS) is 14.8. The molecule has 1 fully saturated rings. The average Bonchev–Trinajstić information content (AvgIpc) is 2.83. The summed E-state index contributed by atoms with van der Waals surface area (Å²) >= 11 is 21.0. The number of ether oxygens (including phenoxy) is 2. The molecule has 4 rings (SSSR count). The number of methoxy groups -OCH3 is 1. The Kier molecular flexibility index (Phi) is 8.00. The maximum Gasteiger partial charge on any atom is 0.270 e. The molecule has 0 unspecified atom stereocenters. The topological polar surface area (TPSA) is 67.9 Å². The molecule has 2 amide bonds. The highest BCUT2D eigenvalue weighted by Gasteiger charge is 2.34. The molecule has 1 aliphatic heterocycles. The number of carbonyl (C=O) groups excluding carboxylic acids is 2. The fraction of sp³-hybridized carbons (Fsp3) is 0.115. The van der Waals surface area contributed by atoms with Crippen LogP contribution in [0.5, 0.6) is 11.5 Å². The number of benzene rings is 3. The summed E-state index contributed by atoms with van der Waals surface area (Å²) in [6, 6.07) is 15.8. The summed E-state index contributed by atoms with van der Waals surface area (Å²) in [4.78, 5) is 27.2. The predicted octanol–water partition coefficient (Wildman–Crippen LogP) is 6.48. The summed E-state index contributed by atoms with van der Waals surface area (Å²) in [5.41, 5.74) is 2.82. The van der Waals surface area contributed by atoms with Crippen LogP contribution in [0, 0.1) is 6.92 Å². The number of hydrogen-bond acceptors (Lipinski definition) is 5. The number of amides is 2. The minimum Gasteiger partial charge on any atom is -0.493 e. The van der Waals surface area contributed by atoms with Gasteiger partial charge in [-0.2, -0.15) is 0 Å². The van der Waals surface area contributed by atoms with Gasteiger partial charge in [0.15, 0.2) is 16.6 Å². The molecule has 1 aliphatic rings. The lowest BCUT2D eigenvalue weighted by Crippen LogP contribution is -2.54. The standard InChI is InChI=1S/C26H19BrCl2N2O4S/c1-14-3-7-18(8-4-14)31-25(33)19(24(32)30-26(31)36)9-15-10-20(27)23(22(11-15)34-2)35-13-16-5-6-17(28)12-21(16)29/h3-12H,13H2,1-2H3,(H,30,32,36)/b19-9+. The average molecular weight is 606 g/mol. The van der Waals surface area contributed by atoms with Crippen LogP contribution in [0.2, 0.25) is 10.0 Å². The van der Waals surface area contributed by atoms with Crippen molar-refractivity contribution in [2.45, 2.75) is 13.5 Å². The first kappa shape index (κ1) is 26.2. The molecule has 36 heavy (non-hydrogen) atoms. The Bertz CT molecular complexity index is 1410. The number of nitrogens with one attached hydrogen (secondary N) is 1. The summed E-state index contributed by atoms with van der Waals surface area (Å²) in [7, 11) is 1.50. The van der Waals surface area contributed by atoms with Crippen molar-refractivity contribution in [1.82, 2.24) is 5.32 Å². The molecule has 3 aromatic rings. The summed E-state index contributed by atoms with van der Waals surface area (Å²) in [6.45, 7) is 2.12. The van der Waals surface area contributed by atoms with Gasteiger partial charge in [0.05, 0.1) is 17.3 Å². The zero-order chi connectivity index (χ0) is 26.0. The van der Waals surface area contributed by atoms with E-state index in [0.717, 1.165) is 11.1 Å². The molecule has 0 atom stereocenters. The second-order valence-corrected chi connectivity index (χ2v) is 9.94. The smallest absolute Gasteiger partial charge is 0.270 e. The van der Waals surface area contributed by atoms with Gasteiger partial charge in [0.1, 0.15) is 12.2 Å². The van der Waals surface area contributed by atoms with Crippen LogP contribution >= 0.6 is 51.3 Å². The number of nitrogens with zero attached hydrogens (tertiary/aromatic N) is 1. The lowest BCUT2D eigenvalue weighted by molar-refractivity contribution is -0.122. The van der Waals surface area contributed by atoms with E-state index in [1.165, 1.54) is 18.1 Å². The van der Waals surface area contributed by atoms with Gasteiger partial charge in [0.2, 0.25) is 0 Å². The molecule has 1 N–H and O–H groups in total. The van der Waals surface area contributed by atoms with Gasteiger partial charge in [-0.25, -0.2) is 0 Å². The number of hydrogen-bond donors (Lipinski definition) is 1. The second-order valence-electron chi connectivity index (χ2n) is 7.85. The van der Waals surface area contributed by atoms with Crippen LogP contribution in [-0.4, -0.2) is 24.0 Å². The lowest BCUT2D eigenvalue weighted by atomic mass is 10.1. The molecule has 0 aromatic heterocycles. The van der Waals surface area contributed by atoms with E-state index in [1.54, 1.807) is 42.5 Å². The van der Waals surface area contributed by atoms with Gasteiger partial charge in [0.25, 0.3) is 11.8 Å². The number of carbonyl (C=O) groups is 2. The van der Waals surface area contributed by atoms with Gasteiger partial charge in [-0.1, -0.05) is 47.0 Å². The van der Waals surface area contributed by atoms with Gasteiger partial charge in [-0.05, 0) is 83.1 Å². The molecular formula is C26H19BrCl2N2O4S. The molecular weight excluding hydrogens is 587 g/mol. The first-order valence-corrected chi connectivity index (χ1v) is 12.6. The quantitative estimate of drug-likeness (QED) is 0.198. The van der Waals surface area contributed by atoms with Crippen molar-refractivity contribution in [2.24, 2.45) is 0 Å². The van der Waals surface area contributed by atoms with E-state index in [4.69, 9.17) is 44.9 Å². The van der Waals surface area contributed by atoms with Crippen molar-refractivity contribution in [3.05, 3.63) is 91.4 Å². The van der Waals surface area contributed by atoms with Crippen molar-refractivity contribution in [3.8, 4) is 11.5 Å². The number of aryl methyl sites for hydroxylation is 1. The maximum atomic E-state index is 13.3. The molecule has 3 aromatic carbocycles. The molecule has 10 heteroatoms. The molecule has 0 spiro atoms. The molecule has 1 saturated heterocycles. The number of rotatable bonds is 6. The Morgan fingerprint density at radius 2 is 1.81 bits per heavy atom. The van der Waals surface area contributed by atoms with Crippen molar-refractivity contribution in [2.75, 3.05) is 12.0 Å². The van der Waals surface area contributed by atoms with Crippen molar-refractivity contribution in [3.63, 3.8) is 0 Å². The van der Waals surface area contributed by atoms with Crippen LogP contribution < -0.4 is 19.7 Å². The van der Waals surface area contributed by atoms with Crippen molar-refractivity contribution >= 4 is 80.0 Å². The van der Waals surface area contributed by atoms with Crippen LogP contribution in [0.1, 0.15) is 16.7 Å². The first-order chi connectivity index (χ1) is 17.2. The number of anilines is 1. The van der Waals surface area contributed by atoms with E-state index in [-0.39, 0.29) is 17.3 Å². The van der Waals surface area contributed by atoms with Crippen molar-refractivity contribution < 1.29 is 19.1 Å². The minimum atomic E-state index is -0.582. The van der Waals surface area contributed by atoms with Crippen LogP contribution in [-0.2, 0) is 16.2 Å². The van der Waals surface area contributed by atoms with Crippen LogP contribution in [0.25, 0.3) is 6.08 Å². The van der Waals surface area contributed by atoms with E-state index in [2.05, 4.69) is 21.2 Å². The fourth-order valence-corrected chi connectivity index (χ4v) is 4.82. The third kappa shape index (κ3) is 5.57. The summed E-state index contributed by atoms with van der Waals surface area (Å²) in [5.74, 6) is -0.273. The Balaban J connectivity index is 1.64.